The summed E-state index contributed by atoms with van der Waals surface area (Å²) in [5.74, 6) is 1.93. The van der Waals surface area contributed by atoms with Gasteiger partial charge in [0.2, 0.25) is 0 Å². The quantitative estimate of drug-likeness (QED) is 0.918. The number of hydrogen-bond acceptors (Lipinski definition) is 5. The number of hydrogen-bond donors (Lipinski definition) is 1. The lowest BCUT2D eigenvalue weighted by Crippen LogP contribution is -2.14. The highest BCUT2D eigenvalue weighted by Gasteiger charge is 2.25. The first-order valence-corrected chi connectivity index (χ1v) is 8.15. The van der Waals surface area contributed by atoms with Gasteiger partial charge in [0.25, 0.3) is 0 Å². The summed E-state index contributed by atoms with van der Waals surface area (Å²) < 4.78 is 12.7. The van der Waals surface area contributed by atoms with Gasteiger partial charge in [0.05, 0.1) is 19.9 Å². The molecule has 2 aromatic rings. The van der Waals surface area contributed by atoms with E-state index in [1.807, 2.05) is 22.9 Å². The van der Waals surface area contributed by atoms with E-state index in [4.69, 9.17) is 15.2 Å². The molecular weight excluding hydrogens is 292 g/mol. The van der Waals surface area contributed by atoms with Crippen molar-refractivity contribution in [2.24, 2.45) is 5.73 Å². The summed E-state index contributed by atoms with van der Waals surface area (Å²) in [5.41, 5.74) is 8.79. The topological polar surface area (TPSA) is 75.2 Å². The molecule has 0 unspecified atom stereocenters. The highest BCUT2D eigenvalue weighted by atomic mass is 16.5. The van der Waals surface area contributed by atoms with Gasteiger partial charge in [0.1, 0.15) is 22.9 Å². The van der Waals surface area contributed by atoms with Crippen molar-refractivity contribution in [1.82, 2.24) is 15.0 Å². The minimum absolute atomic E-state index is 0.407. The smallest absolute Gasteiger partial charge is 0.148 e. The molecule has 0 radical (unpaired) electrons. The molecule has 0 bridgehead atoms. The average molecular weight is 316 g/mol. The number of aromatic nitrogens is 3. The first kappa shape index (κ1) is 15.8. The van der Waals surface area contributed by atoms with E-state index < -0.39 is 0 Å². The second kappa shape index (κ2) is 7.00. The van der Waals surface area contributed by atoms with Crippen LogP contribution in [0.4, 0.5) is 0 Å². The van der Waals surface area contributed by atoms with Gasteiger partial charge in [-0.1, -0.05) is 24.5 Å². The van der Waals surface area contributed by atoms with E-state index in [1.54, 1.807) is 14.2 Å². The number of ether oxygens (including phenoxy) is 2. The molecular formula is C17H24N4O2. The lowest BCUT2D eigenvalue weighted by Gasteiger charge is -2.23. The fraction of sp³-hybridized carbons (Fsp3) is 0.529. The summed E-state index contributed by atoms with van der Waals surface area (Å²) in [6, 6.07) is 5.73. The van der Waals surface area contributed by atoms with Crippen LogP contribution in [0.3, 0.4) is 0 Å². The van der Waals surface area contributed by atoms with Crippen molar-refractivity contribution in [3.8, 4) is 17.2 Å². The number of nitrogens with zero attached hydrogens (tertiary/aromatic N) is 3. The molecule has 0 spiro atoms. The molecule has 0 aliphatic heterocycles. The fourth-order valence-corrected chi connectivity index (χ4v) is 3.39. The molecule has 0 amide bonds. The molecule has 1 saturated carbocycles. The van der Waals surface area contributed by atoms with Crippen LogP contribution in [0.5, 0.6) is 11.5 Å². The Bertz CT molecular complexity index is 663. The minimum atomic E-state index is 0.407. The Kier molecular flexibility index (Phi) is 4.81. The first-order chi connectivity index (χ1) is 11.3. The molecule has 6 heteroatoms. The van der Waals surface area contributed by atoms with Crippen LogP contribution in [0, 0.1) is 0 Å². The van der Waals surface area contributed by atoms with E-state index >= 15 is 0 Å². The van der Waals surface area contributed by atoms with Gasteiger partial charge in [-0.2, -0.15) is 0 Å². The summed E-state index contributed by atoms with van der Waals surface area (Å²) in [6.45, 7) is 0.407. The van der Waals surface area contributed by atoms with Crippen molar-refractivity contribution < 1.29 is 9.47 Å². The minimum Gasteiger partial charge on any atom is -0.497 e. The van der Waals surface area contributed by atoms with Crippen LogP contribution in [0.25, 0.3) is 5.69 Å². The molecule has 1 aromatic heterocycles. The van der Waals surface area contributed by atoms with Gasteiger partial charge in [0, 0.05) is 18.5 Å². The molecule has 0 atom stereocenters. The number of benzene rings is 1. The summed E-state index contributed by atoms with van der Waals surface area (Å²) in [4.78, 5) is 0. The molecule has 1 aromatic carbocycles. The molecule has 1 aliphatic rings. The van der Waals surface area contributed by atoms with E-state index in [9.17, 15) is 0 Å². The zero-order chi connectivity index (χ0) is 16.2. The van der Waals surface area contributed by atoms with Crippen LogP contribution in [0.15, 0.2) is 18.2 Å². The molecule has 3 rings (SSSR count). The fourth-order valence-electron chi connectivity index (χ4n) is 3.39. The third-order valence-electron chi connectivity index (χ3n) is 4.58. The van der Waals surface area contributed by atoms with E-state index in [-0.39, 0.29) is 0 Å². The molecule has 1 heterocycles. The van der Waals surface area contributed by atoms with Gasteiger partial charge >= 0.3 is 0 Å². The Morgan fingerprint density at radius 2 is 1.96 bits per heavy atom. The van der Waals surface area contributed by atoms with Crippen molar-refractivity contribution >= 4 is 0 Å². The largest absolute Gasteiger partial charge is 0.497 e. The maximum atomic E-state index is 5.90. The summed E-state index contributed by atoms with van der Waals surface area (Å²) >= 11 is 0. The Balaban J connectivity index is 2.07. The average Bonchev–Trinajstić information content (AvgIpc) is 3.05. The lowest BCUT2D eigenvalue weighted by molar-refractivity contribution is 0.390. The molecule has 6 nitrogen and oxygen atoms in total. The molecule has 23 heavy (non-hydrogen) atoms. The Morgan fingerprint density at radius 3 is 2.61 bits per heavy atom. The molecule has 124 valence electrons. The van der Waals surface area contributed by atoms with Crippen molar-refractivity contribution in [2.45, 2.75) is 44.6 Å². The lowest BCUT2D eigenvalue weighted by atomic mass is 9.86. The van der Waals surface area contributed by atoms with Crippen molar-refractivity contribution in [1.29, 1.82) is 0 Å². The monoisotopic (exact) mass is 316 g/mol. The van der Waals surface area contributed by atoms with Crippen molar-refractivity contribution in [3.63, 3.8) is 0 Å². The van der Waals surface area contributed by atoms with Gasteiger partial charge in [0.15, 0.2) is 0 Å². The van der Waals surface area contributed by atoms with E-state index in [0.717, 1.165) is 28.6 Å². The van der Waals surface area contributed by atoms with Crippen LogP contribution in [-0.2, 0) is 6.54 Å². The van der Waals surface area contributed by atoms with Gasteiger partial charge in [-0.25, -0.2) is 4.68 Å². The van der Waals surface area contributed by atoms with Crippen LogP contribution in [0.1, 0.15) is 49.4 Å². The van der Waals surface area contributed by atoms with Gasteiger partial charge in [-0.15, -0.1) is 5.10 Å². The van der Waals surface area contributed by atoms with Crippen molar-refractivity contribution in [3.05, 3.63) is 29.6 Å². The van der Waals surface area contributed by atoms with E-state index in [0.29, 0.717) is 12.5 Å². The van der Waals surface area contributed by atoms with Crippen LogP contribution >= 0.6 is 0 Å². The van der Waals surface area contributed by atoms with Crippen LogP contribution in [-0.4, -0.2) is 29.2 Å². The number of nitrogens with two attached hydrogens (primary N) is 1. The zero-order valence-corrected chi connectivity index (χ0v) is 13.8. The standard InChI is InChI=1S/C17H24N4O2/c1-22-13-8-9-15(16(10-13)23-2)21-17(14(11-18)19-20-21)12-6-4-3-5-7-12/h8-10,12H,3-7,11,18H2,1-2H3. The van der Waals surface area contributed by atoms with Gasteiger partial charge < -0.3 is 15.2 Å². The highest BCUT2D eigenvalue weighted by Crippen LogP contribution is 2.37. The predicted octanol–water partition coefficient (Wildman–Crippen LogP) is 2.79. The predicted molar refractivity (Wildman–Crippen MR) is 88.2 cm³/mol. The summed E-state index contributed by atoms with van der Waals surface area (Å²) in [7, 11) is 3.29. The maximum absolute atomic E-state index is 5.90. The van der Waals surface area contributed by atoms with Gasteiger partial charge in [-0.05, 0) is 25.0 Å². The molecule has 1 aliphatic carbocycles. The molecule has 1 fully saturated rings. The number of rotatable bonds is 5. The van der Waals surface area contributed by atoms with Crippen LogP contribution < -0.4 is 15.2 Å². The van der Waals surface area contributed by atoms with E-state index in [1.165, 1.54) is 32.1 Å². The third kappa shape index (κ3) is 3.03. The molecule has 2 N–H and O–H groups in total. The first-order valence-electron chi connectivity index (χ1n) is 8.15. The van der Waals surface area contributed by atoms with Gasteiger partial charge in [-0.3, -0.25) is 0 Å². The third-order valence-corrected chi connectivity index (χ3v) is 4.58. The summed E-state index contributed by atoms with van der Waals surface area (Å²) in [5, 5.41) is 8.67. The second-order valence-electron chi connectivity index (χ2n) is 5.91. The van der Waals surface area contributed by atoms with E-state index in [2.05, 4.69) is 10.3 Å². The maximum Gasteiger partial charge on any atom is 0.148 e. The number of methoxy groups -OCH3 is 2. The SMILES string of the molecule is COc1ccc(-n2nnc(CN)c2C2CCCCC2)c(OC)c1. The highest BCUT2D eigenvalue weighted by molar-refractivity contribution is 5.51. The van der Waals surface area contributed by atoms with Crippen LogP contribution in [0.2, 0.25) is 0 Å². The zero-order valence-electron chi connectivity index (χ0n) is 13.8. The summed E-state index contributed by atoms with van der Waals surface area (Å²) in [6.07, 6.45) is 6.14. The van der Waals surface area contributed by atoms with Crippen molar-refractivity contribution in [2.75, 3.05) is 14.2 Å². The Labute approximate surface area is 136 Å². The Hall–Kier alpha value is -2.08. The molecule has 0 saturated heterocycles. The Morgan fingerprint density at radius 1 is 1.17 bits per heavy atom. The second-order valence-corrected chi connectivity index (χ2v) is 5.91. The normalized spacial score (nSPS) is 15.6.